The summed E-state index contributed by atoms with van der Waals surface area (Å²) < 4.78 is 13.5. The van der Waals surface area contributed by atoms with Gasteiger partial charge in [0.1, 0.15) is 11.9 Å². The van der Waals surface area contributed by atoms with Gasteiger partial charge in [0, 0.05) is 11.6 Å². The van der Waals surface area contributed by atoms with Crippen molar-refractivity contribution in [2.24, 2.45) is 0 Å². The second-order valence-electron chi connectivity index (χ2n) is 4.16. The standard InChI is InChI=1S/C14H15ClFNO3/c1-2-4-12(14(19)20)17-13(18)8-7-9-10(15)5-3-6-11(9)16/h3,5-8,12H,2,4H2,1H3,(H,17,18)(H,19,20)/b8-7+/t12-/m0/s1. The Morgan fingerprint density at radius 2 is 2.20 bits per heavy atom. The molecular formula is C14H15ClFNO3. The van der Waals surface area contributed by atoms with E-state index in [1.807, 2.05) is 6.92 Å². The zero-order valence-corrected chi connectivity index (χ0v) is 11.7. The summed E-state index contributed by atoms with van der Waals surface area (Å²) in [6, 6.07) is 3.23. The number of carboxylic acid groups (broad SMARTS) is 1. The average Bonchev–Trinajstić information content (AvgIpc) is 2.37. The number of hydrogen-bond donors (Lipinski definition) is 2. The van der Waals surface area contributed by atoms with E-state index in [-0.39, 0.29) is 10.6 Å². The van der Waals surface area contributed by atoms with E-state index in [0.717, 1.165) is 6.08 Å². The number of aliphatic carboxylic acids is 1. The first-order valence-corrected chi connectivity index (χ1v) is 6.49. The number of nitrogens with one attached hydrogen (secondary N) is 1. The highest BCUT2D eigenvalue weighted by Gasteiger charge is 2.17. The molecule has 4 nitrogen and oxygen atoms in total. The van der Waals surface area contributed by atoms with Crippen molar-refractivity contribution >= 4 is 29.6 Å². The molecule has 1 aromatic rings. The third-order valence-corrected chi connectivity index (χ3v) is 2.92. The summed E-state index contributed by atoms with van der Waals surface area (Å²) in [6.45, 7) is 1.82. The van der Waals surface area contributed by atoms with E-state index in [9.17, 15) is 14.0 Å². The summed E-state index contributed by atoms with van der Waals surface area (Å²) in [5, 5.41) is 11.4. The Kier molecular flexibility index (Phi) is 6.18. The Bertz CT molecular complexity index is 511. The minimum atomic E-state index is -1.10. The molecule has 0 unspecified atom stereocenters. The molecule has 2 N–H and O–H groups in total. The first-order chi connectivity index (χ1) is 9.45. The van der Waals surface area contributed by atoms with Gasteiger partial charge in [0.05, 0.1) is 5.02 Å². The maximum atomic E-state index is 13.5. The molecule has 0 fully saturated rings. The van der Waals surface area contributed by atoms with Gasteiger partial charge in [-0.2, -0.15) is 0 Å². The van der Waals surface area contributed by atoms with Gasteiger partial charge >= 0.3 is 5.97 Å². The molecular weight excluding hydrogens is 285 g/mol. The zero-order chi connectivity index (χ0) is 15.1. The summed E-state index contributed by atoms with van der Waals surface area (Å²) in [5.74, 6) is -2.26. The minimum Gasteiger partial charge on any atom is -0.480 e. The lowest BCUT2D eigenvalue weighted by molar-refractivity contribution is -0.141. The third-order valence-electron chi connectivity index (χ3n) is 2.59. The molecule has 108 valence electrons. The van der Waals surface area contributed by atoms with E-state index >= 15 is 0 Å². The molecule has 1 atom stereocenters. The van der Waals surface area contributed by atoms with Crippen molar-refractivity contribution in [2.75, 3.05) is 0 Å². The van der Waals surface area contributed by atoms with Crippen molar-refractivity contribution in [2.45, 2.75) is 25.8 Å². The van der Waals surface area contributed by atoms with Crippen LogP contribution in [0.5, 0.6) is 0 Å². The van der Waals surface area contributed by atoms with Crippen molar-refractivity contribution in [3.63, 3.8) is 0 Å². The van der Waals surface area contributed by atoms with Crippen LogP contribution in [0.3, 0.4) is 0 Å². The highest BCUT2D eigenvalue weighted by Crippen LogP contribution is 2.20. The van der Waals surface area contributed by atoms with Gasteiger partial charge in [0.2, 0.25) is 5.91 Å². The van der Waals surface area contributed by atoms with Gasteiger partial charge in [0.25, 0.3) is 0 Å². The Labute approximate surface area is 121 Å². The molecule has 0 aliphatic heterocycles. The van der Waals surface area contributed by atoms with Crippen LogP contribution in [0.1, 0.15) is 25.3 Å². The number of carbonyl (C=O) groups excluding carboxylic acids is 1. The SMILES string of the molecule is CCC[C@H](NC(=O)/C=C/c1c(F)cccc1Cl)C(=O)O. The molecule has 0 saturated heterocycles. The summed E-state index contributed by atoms with van der Waals surface area (Å²) in [6.07, 6.45) is 3.24. The van der Waals surface area contributed by atoms with Crippen LogP contribution >= 0.6 is 11.6 Å². The van der Waals surface area contributed by atoms with E-state index in [0.29, 0.717) is 12.8 Å². The van der Waals surface area contributed by atoms with Gasteiger partial charge in [-0.25, -0.2) is 9.18 Å². The van der Waals surface area contributed by atoms with Gasteiger partial charge in [-0.1, -0.05) is 31.0 Å². The van der Waals surface area contributed by atoms with Gasteiger partial charge < -0.3 is 10.4 Å². The summed E-state index contributed by atoms with van der Waals surface area (Å²) in [7, 11) is 0. The Morgan fingerprint density at radius 1 is 1.50 bits per heavy atom. The fraction of sp³-hybridized carbons (Fsp3) is 0.286. The summed E-state index contributed by atoms with van der Waals surface area (Å²) in [5.41, 5.74) is 0.0895. The second-order valence-corrected chi connectivity index (χ2v) is 4.56. The number of hydrogen-bond acceptors (Lipinski definition) is 2. The van der Waals surface area contributed by atoms with E-state index in [2.05, 4.69) is 5.32 Å². The van der Waals surface area contributed by atoms with Crippen molar-refractivity contribution in [1.82, 2.24) is 5.32 Å². The molecule has 0 heterocycles. The molecule has 0 spiro atoms. The van der Waals surface area contributed by atoms with Gasteiger partial charge in [-0.05, 0) is 24.6 Å². The van der Waals surface area contributed by atoms with Crippen LogP contribution in [0.25, 0.3) is 6.08 Å². The lowest BCUT2D eigenvalue weighted by Gasteiger charge is -2.11. The van der Waals surface area contributed by atoms with E-state index < -0.39 is 23.7 Å². The molecule has 0 aliphatic rings. The number of rotatable bonds is 6. The number of halogens is 2. The minimum absolute atomic E-state index is 0.0895. The lowest BCUT2D eigenvalue weighted by atomic mass is 10.1. The van der Waals surface area contributed by atoms with Crippen LogP contribution in [0, 0.1) is 5.82 Å². The number of benzene rings is 1. The smallest absolute Gasteiger partial charge is 0.326 e. The highest BCUT2D eigenvalue weighted by molar-refractivity contribution is 6.32. The van der Waals surface area contributed by atoms with Crippen LogP contribution < -0.4 is 5.32 Å². The molecule has 0 bridgehead atoms. The molecule has 1 amide bonds. The predicted molar refractivity (Wildman–Crippen MR) is 74.9 cm³/mol. The summed E-state index contributed by atoms with van der Waals surface area (Å²) >= 11 is 5.80. The van der Waals surface area contributed by atoms with Crippen LogP contribution in [0.2, 0.25) is 5.02 Å². The Balaban J connectivity index is 2.75. The van der Waals surface area contributed by atoms with Crippen molar-refractivity contribution in [3.8, 4) is 0 Å². The molecule has 1 rings (SSSR count). The van der Waals surface area contributed by atoms with E-state index in [1.54, 1.807) is 0 Å². The van der Waals surface area contributed by atoms with E-state index in [1.165, 1.54) is 24.3 Å². The fourth-order valence-electron chi connectivity index (χ4n) is 1.59. The molecule has 20 heavy (non-hydrogen) atoms. The quantitative estimate of drug-likeness (QED) is 0.794. The van der Waals surface area contributed by atoms with Crippen molar-refractivity contribution < 1.29 is 19.1 Å². The molecule has 6 heteroatoms. The topological polar surface area (TPSA) is 66.4 Å². The molecule has 0 radical (unpaired) electrons. The second kappa shape index (κ2) is 7.65. The number of carbonyl (C=O) groups is 2. The maximum Gasteiger partial charge on any atom is 0.326 e. The molecule has 0 saturated carbocycles. The third kappa shape index (κ3) is 4.66. The Morgan fingerprint density at radius 3 is 2.75 bits per heavy atom. The normalized spacial score (nSPS) is 12.3. The van der Waals surface area contributed by atoms with Gasteiger partial charge in [-0.15, -0.1) is 0 Å². The van der Waals surface area contributed by atoms with Crippen LogP contribution in [-0.4, -0.2) is 23.0 Å². The Hall–Kier alpha value is -1.88. The van der Waals surface area contributed by atoms with E-state index in [4.69, 9.17) is 16.7 Å². The monoisotopic (exact) mass is 299 g/mol. The summed E-state index contributed by atoms with van der Waals surface area (Å²) in [4.78, 5) is 22.5. The fourth-order valence-corrected chi connectivity index (χ4v) is 1.82. The number of amides is 1. The first-order valence-electron chi connectivity index (χ1n) is 6.11. The number of carboxylic acids is 1. The van der Waals surface area contributed by atoms with Gasteiger partial charge in [-0.3, -0.25) is 4.79 Å². The maximum absolute atomic E-state index is 13.5. The van der Waals surface area contributed by atoms with Crippen LogP contribution in [0.4, 0.5) is 4.39 Å². The van der Waals surface area contributed by atoms with Crippen LogP contribution in [-0.2, 0) is 9.59 Å². The predicted octanol–water partition coefficient (Wildman–Crippen LogP) is 2.86. The van der Waals surface area contributed by atoms with Crippen LogP contribution in [0.15, 0.2) is 24.3 Å². The molecule has 1 aromatic carbocycles. The average molecular weight is 300 g/mol. The van der Waals surface area contributed by atoms with Crippen molar-refractivity contribution in [1.29, 1.82) is 0 Å². The first kappa shape index (κ1) is 16.2. The molecule has 0 aromatic heterocycles. The lowest BCUT2D eigenvalue weighted by Crippen LogP contribution is -2.39. The molecule has 0 aliphatic carbocycles. The zero-order valence-electron chi connectivity index (χ0n) is 10.9. The largest absolute Gasteiger partial charge is 0.480 e. The van der Waals surface area contributed by atoms with Crippen molar-refractivity contribution in [3.05, 3.63) is 40.7 Å². The van der Waals surface area contributed by atoms with Gasteiger partial charge in [0.15, 0.2) is 0 Å². The highest BCUT2D eigenvalue weighted by atomic mass is 35.5.